The molecule has 1 aromatic rings. The van der Waals surface area contributed by atoms with Crippen molar-refractivity contribution < 1.29 is 19.5 Å². The quantitative estimate of drug-likeness (QED) is 0.272. The van der Waals surface area contributed by atoms with Gasteiger partial charge in [0.25, 0.3) is 0 Å². The molecule has 108 valence electrons. The predicted molar refractivity (Wildman–Crippen MR) is 67.4 cm³/mol. The Kier molecular flexibility index (Phi) is 5.39. The van der Waals surface area contributed by atoms with Crippen LogP contribution in [0.5, 0.6) is 0 Å². The van der Waals surface area contributed by atoms with Crippen LogP contribution in [0.25, 0.3) is 10.4 Å². The maximum atomic E-state index is 13.5. The Morgan fingerprint density at radius 2 is 2.20 bits per heavy atom. The van der Waals surface area contributed by atoms with Crippen molar-refractivity contribution in [2.45, 2.75) is 25.6 Å². The van der Waals surface area contributed by atoms with Crippen LogP contribution < -0.4 is 0 Å². The first-order valence-electron chi connectivity index (χ1n) is 5.70. The van der Waals surface area contributed by atoms with Crippen LogP contribution in [-0.4, -0.2) is 27.8 Å². The van der Waals surface area contributed by atoms with Gasteiger partial charge in [-0.2, -0.15) is 4.39 Å². The first-order chi connectivity index (χ1) is 9.38. The zero-order chi connectivity index (χ0) is 15.3. The minimum absolute atomic E-state index is 0.0106. The number of hydrogen-bond donors (Lipinski definition) is 2. The smallest absolute Gasteiger partial charge is 0.305 e. The summed E-state index contributed by atoms with van der Waals surface area (Å²) < 4.78 is 13.5. The third kappa shape index (κ3) is 3.64. The summed E-state index contributed by atoms with van der Waals surface area (Å²) in [6.07, 6.45) is -2.69. The number of nitro groups is 1. The van der Waals surface area contributed by atoms with E-state index in [1.807, 2.05) is 0 Å². The summed E-state index contributed by atoms with van der Waals surface area (Å²) in [6.45, 7) is 1.44. The van der Waals surface area contributed by atoms with E-state index in [1.165, 1.54) is 6.92 Å². The third-order valence-corrected chi connectivity index (χ3v) is 2.80. The van der Waals surface area contributed by atoms with Crippen molar-refractivity contribution in [3.05, 3.63) is 49.6 Å². The second-order valence-corrected chi connectivity index (χ2v) is 4.17. The second kappa shape index (κ2) is 6.80. The Labute approximate surface area is 113 Å². The van der Waals surface area contributed by atoms with Crippen molar-refractivity contribution in [1.29, 1.82) is 0 Å². The molecule has 0 heterocycles. The fourth-order valence-electron chi connectivity index (χ4n) is 1.74. The maximum absolute atomic E-state index is 13.5. The number of aliphatic hydroxyl groups excluding tert-OH is 2. The summed E-state index contributed by atoms with van der Waals surface area (Å²) in [4.78, 5) is 12.2. The summed E-state index contributed by atoms with van der Waals surface area (Å²) in [7, 11) is 0. The molecule has 20 heavy (non-hydrogen) atoms. The number of hydrogen-bond acceptors (Lipinski definition) is 5. The van der Waals surface area contributed by atoms with Gasteiger partial charge in [-0.1, -0.05) is 5.11 Å². The SMILES string of the molecule is Cc1cc([N+](=O)[O-])c(F)cc1C(O)C(O)CCN=[N+]=[N-]. The first kappa shape index (κ1) is 15.8. The highest BCUT2D eigenvalue weighted by Crippen LogP contribution is 2.28. The van der Waals surface area contributed by atoms with Gasteiger partial charge in [0.15, 0.2) is 0 Å². The molecular weight excluding hydrogens is 271 g/mol. The molecule has 0 amide bonds. The van der Waals surface area contributed by atoms with E-state index in [4.69, 9.17) is 5.53 Å². The number of azide groups is 1. The normalized spacial score (nSPS) is 13.4. The monoisotopic (exact) mass is 284 g/mol. The lowest BCUT2D eigenvalue weighted by Gasteiger charge is -2.19. The molecule has 0 aliphatic carbocycles. The molecule has 0 radical (unpaired) electrons. The number of aryl methyl sites for hydroxylation is 1. The van der Waals surface area contributed by atoms with Gasteiger partial charge in [-0.3, -0.25) is 10.1 Å². The van der Waals surface area contributed by atoms with Crippen LogP contribution >= 0.6 is 0 Å². The summed E-state index contributed by atoms with van der Waals surface area (Å²) >= 11 is 0. The van der Waals surface area contributed by atoms with Gasteiger partial charge in [-0.15, -0.1) is 0 Å². The number of nitro benzene ring substituents is 1. The topological polar surface area (TPSA) is 132 Å². The summed E-state index contributed by atoms with van der Waals surface area (Å²) in [5, 5.41) is 33.4. The molecule has 1 aromatic carbocycles. The van der Waals surface area contributed by atoms with Gasteiger partial charge in [0.2, 0.25) is 5.82 Å². The molecule has 0 saturated carbocycles. The highest BCUT2D eigenvalue weighted by Gasteiger charge is 2.24. The third-order valence-electron chi connectivity index (χ3n) is 2.80. The van der Waals surface area contributed by atoms with Crippen LogP contribution in [0.3, 0.4) is 0 Å². The van der Waals surface area contributed by atoms with Gasteiger partial charge >= 0.3 is 5.69 Å². The maximum Gasteiger partial charge on any atom is 0.305 e. The van der Waals surface area contributed by atoms with E-state index in [2.05, 4.69) is 10.0 Å². The molecule has 9 heteroatoms. The van der Waals surface area contributed by atoms with Crippen LogP contribution in [0, 0.1) is 22.9 Å². The largest absolute Gasteiger partial charge is 0.390 e. The van der Waals surface area contributed by atoms with Crippen molar-refractivity contribution in [1.82, 2.24) is 0 Å². The number of rotatable bonds is 6. The fraction of sp³-hybridized carbons (Fsp3) is 0.455. The van der Waals surface area contributed by atoms with Gasteiger partial charge in [0, 0.05) is 17.5 Å². The van der Waals surface area contributed by atoms with E-state index in [1.54, 1.807) is 0 Å². The molecule has 2 N–H and O–H groups in total. The van der Waals surface area contributed by atoms with Gasteiger partial charge in [0.05, 0.1) is 11.0 Å². The lowest BCUT2D eigenvalue weighted by atomic mass is 9.97. The highest BCUT2D eigenvalue weighted by molar-refractivity contribution is 5.42. The molecular formula is C11H13FN4O4. The number of halogens is 1. The van der Waals surface area contributed by atoms with Gasteiger partial charge in [-0.05, 0) is 36.1 Å². The molecule has 1 rings (SSSR count). The Balaban J connectivity index is 2.98. The van der Waals surface area contributed by atoms with E-state index >= 15 is 0 Å². The Hall–Kier alpha value is -2.22. The number of benzene rings is 1. The van der Waals surface area contributed by atoms with Crippen LogP contribution in [-0.2, 0) is 0 Å². The van der Waals surface area contributed by atoms with Crippen molar-refractivity contribution in [3.63, 3.8) is 0 Å². The fourth-order valence-corrected chi connectivity index (χ4v) is 1.74. The van der Waals surface area contributed by atoms with E-state index in [0.29, 0.717) is 0 Å². The van der Waals surface area contributed by atoms with Crippen molar-refractivity contribution in [3.8, 4) is 0 Å². The Morgan fingerprint density at radius 1 is 1.55 bits per heavy atom. The molecule has 0 aliphatic heterocycles. The van der Waals surface area contributed by atoms with Crippen LogP contribution in [0.15, 0.2) is 17.2 Å². The van der Waals surface area contributed by atoms with Crippen molar-refractivity contribution in [2.24, 2.45) is 5.11 Å². The standard InChI is InChI=1S/C11H13FN4O4/c1-6-4-9(16(19)20)8(12)5-7(6)11(18)10(17)2-3-14-15-13/h4-5,10-11,17-18H,2-3H2,1H3. The van der Waals surface area contributed by atoms with E-state index < -0.39 is 28.6 Å². The van der Waals surface area contributed by atoms with E-state index in [-0.39, 0.29) is 24.1 Å². The zero-order valence-electron chi connectivity index (χ0n) is 10.6. The predicted octanol–water partition coefficient (Wildman–Crippen LogP) is 2.14. The van der Waals surface area contributed by atoms with Crippen molar-refractivity contribution in [2.75, 3.05) is 6.54 Å². The minimum atomic E-state index is -1.42. The molecule has 0 aromatic heterocycles. The summed E-state index contributed by atoms with van der Waals surface area (Å²) in [5.41, 5.74) is 7.75. The first-order valence-corrected chi connectivity index (χ1v) is 5.70. The van der Waals surface area contributed by atoms with E-state index in [9.17, 15) is 24.7 Å². The number of nitrogens with zero attached hydrogens (tertiary/aromatic N) is 4. The molecule has 0 bridgehead atoms. The van der Waals surface area contributed by atoms with Crippen LogP contribution in [0.1, 0.15) is 23.7 Å². The number of aliphatic hydroxyl groups is 2. The Bertz CT molecular complexity index is 560. The summed E-state index contributed by atoms with van der Waals surface area (Å²) in [5.74, 6) is -1.09. The van der Waals surface area contributed by atoms with Crippen LogP contribution in [0.4, 0.5) is 10.1 Å². The lowest BCUT2D eigenvalue weighted by molar-refractivity contribution is -0.387. The molecule has 0 fully saturated rings. The second-order valence-electron chi connectivity index (χ2n) is 4.17. The zero-order valence-corrected chi connectivity index (χ0v) is 10.6. The highest BCUT2D eigenvalue weighted by atomic mass is 19.1. The van der Waals surface area contributed by atoms with Gasteiger partial charge in [-0.25, -0.2) is 0 Å². The van der Waals surface area contributed by atoms with Crippen LogP contribution in [0.2, 0.25) is 0 Å². The lowest BCUT2D eigenvalue weighted by Crippen LogP contribution is -2.20. The molecule has 0 spiro atoms. The van der Waals surface area contributed by atoms with Gasteiger partial charge < -0.3 is 10.2 Å². The molecule has 8 nitrogen and oxygen atoms in total. The molecule has 2 atom stereocenters. The molecule has 0 aliphatic rings. The minimum Gasteiger partial charge on any atom is -0.390 e. The van der Waals surface area contributed by atoms with E-state index in [0.717, 1.165) is 12.1 Å². The average molecular weight is 284 g/mol. The average Bonchev–Trinajstić information content (AvgIpc) is 2.40. The van der Waals surface area contributed by atoms with Crippen molar-refractivity contribution >= 4 is 5.69 Å². The summed E-state index contributed by atoms with van der Waals surface area (Å²) in [6, 6.07) is 1.82. The molecule has 0 saturated heterocycles. The Morgan fingerprint density at radius 3 is 2.75 bits per heavy atom. The molecule has 2 unspecified atom stereocenters. The van der Waals surface area contributed by atoms with Gasteiger partial charge in [0.1, 0.15) is 6.10 Å².